The molecule has 3 fully saturated rings. The van der Waals surface area contributed by atoms with Crippen LogP contribution in [0.15, 0.2) is 243 Å². The van der Waals surface area contributed by atoms with Gasteiger partial charge in [0.05, 0.1) is 52.9 Å². The zero-order chi connectivity index (χ0) is 56.9. The molecular weight excluding hydrogens is 1050 g/mol. The van der Waals surface area contributed by atoms with Gasteiger partial charge in [0.2, 0.25) is 5.79 Å². The first-order chi connectivity index (χ1) is 41.6. The van der Waals surface area contributed by atoms with Crippen LogP contribution in [-0.4, -0.2) is 111 Å². The van der Waals surface area contributed by atoms with Gasteiger partial charge in [-0.1, -0.05) is 243 Å². The Kier molecular flexibility index (Phi) is 21.7. The first-order valence-corrected chi connectivity index (χ1v) is 29.6. The van der Waals surface area contributed by atoms with Crippen molar-refractivity contribution in [3.8, 4) is 0 Å². The Balaban J connectivity index is 1.06. The van der Waals surface area contributed by atoms with E-state index in [9.17, 15) is 0 Å². The fraction of sp³-hybridized carbons (Fsp3) is 0.333. The van der Waals surface area contributed by atoms with E-state index in [0.717, 1.165) is 46.5 Å². The van der Waals surface area contributed by atoms with E-state index in [4.69, 9.17) is 47.4 Å². The summed E-state index contributed by atoms with van der Waals surface area (Å²) in [5, 5.41) is 0. The minimum Gasteiger partial charge on any atom is -0.377 e. The number of hydrogen-bond acceptors (Lipinski definition) is 12. The van der Waals surface area contributed by atoms with E-state index in [0.29, 0.717) is 39.4 Å². The normalized spacial score (nSPS) is 24.4. The first-order valence-electron chi connectivity index (χ1n) is 29.6. The van der Waals surface area contributed by atoms with Crippen LogP contribution in [0.4, 0.5) is 0 Å². The van der Waals surface area contributed by atoms with Gasteiger partial charge in [-0.25, -0.2) is 0 Å². The van der Waals surface area contributed by atoms with E-state index < -0.39 is 54.8 Å². The molecule has 3 aliphatic heterocycles. The van der Waals surface area contributed by atoms with Crippen molar-refractivity contribution >= 4 is 0 Å². The van der Waals surface area contributed by atoms with Crippen molar-refractivity contribution in [2.45, 2.75) is 108 Å². The lowest BCUT2D eigenvalue weighted by Crippen LogP contribution is -2.65. The highest BCUT2D eigenvalue weighted by molar-refractivity contribution is 5.20. The molecule has 4 bridgehead atoms. The Labute approximate surface area is 495 Å². The predicted molar refractivity (Wildman–Crippen MR) is 323 cm³/mol. The van der Waals surface area contributed by atoms with Gasteiger partial charge in [0, 0.05) is 39.3 Å². The quantitative estimate of drug-likeness (QED) is 0.0610. The van der Waals surface area contributed by atoms with Crippen molar-refractivity contribution in [1.29, 1.82) is 0 Å². The predicted octanol–water partition coefficient (Wildman–Crippen LogP) is 12.0. The molecule has 0 spiro atoms. The van der Waals surface area contributed by atoms with Crippen LogP contribution in [0.25, 0.3) is 0 Å². The summed E-state index contributed by atoms with van der Waals surface area (Å²) in [6.07, 6.45) is -6.46. The number of fused-ring (bicyclic) bond motifs is 4. The smallest absolute Gasteiger partial charge is 0.224 e. The fourth-order valence-electron chi connectivity index (χ4n) is 11.3. The highest BCUT2D eigenvalue weighted by Crippen LogP contribution is 2.43. The molecular formula is C72H78N2O10. The van der Waals surface area contributed by atoms with Crippen LogP contribution >= 0.6 is 0 Å². The van der Waals surface area contributed by atoms with Gasteiger partial charge in [0.15, 0.2) is 6.29 Å². The van der Waals surface area contributed by atoms with Gasteiger partial charge in [0.1, 0.15) is 49.3 Å². The van der Waals surface area contributed by atoms with E-state index >= 15 is 0 Å². The standard InChI is InChI=1S/C72H78N2O10/c1-9-25-56(26-10-1)45-73-41-42-74(46-57-27-11-2-12-28-57)47-64-66(77-49-59-31-15-4-16-32-59)68(79-51-61-35-19-6-20-36-61)69(80-52-62-37-21-7-22-38-62)71(82-64)84-72(55-76-48-58-29-13-3-14-30-58)70(81-53-63-39-23-8-24-40-63)67(65(83-72)54-75-44-43-73)78-50-60-33-17-5-18-34-60/h1-40,64-71H,41-55H2/t64-,65-,66-,67-,68+,69-,70+,71-,72+/m1/s1. The van der Waals surface area contributed by atoms with Crippen molar-refractivity contribution in [2.24, 2.45) is 0 Å². The summed E-state index contributed by atoms with van der Waals surface area (Å²) in [6.45, 7) is 6.02. The van der Waals surface area contributed by atoms with Gasteiger partial charge >= 0.3 is 0 Å². The van der Waals surface area contributed by atoms with Gasteiger partial charge in [-0.05, 0) is 44.5 Å². The summed E-state index contributed by atoms with van der Waals surface area (Å²) in [6, 6.07) is 82.4. The van der Waals surface area contributed by atoms with Crippen LogP contribution in [-0.2, 0) is 100 Å². The Hall–Kier alpha value is -6.72. The van der Waals surface area contributed by atoms with Gasteiger partial charge in [-0.15, -0.1) is 0 Å². The van der Waals surface area contributed by atoms with Crippen LogP contribution in [0.2, 0.25) is 0 Å². The van der Waals surface area contributed by atoms with Crippen molar-refractivity contribution in [3.05, 3.63) is 287 Å². The highest BCUT2D eigenvalue weighted by atomic mass is 16.8. The Bertz CT molecular complexity index is 3090. The van der Waals surface area contributed by atoms with Crippen molar-refractivity contribution in [1.82, 2.24) is 9.80 Å². The second-order valence-electron chi connectivity index (χ2n) is 21.9. The zero-order valence-corrected chi connectivity index (χ0v) is 47.8. The molecule has 8 aromatic carbocycles. The minimum atomic E-state index is -1.69. The Morgan fingerprint density at radius 2 is 0.738 bits per heavy atom. The molecule has 0 radical (unpaired) electrons. The average Bonchev–Trinajstić information content (AvgIpc) is 4.05. The Morgan fingerprint density at radius 3 is 1.21 bits per heavy atom. The van der Waals surface area contributed by atoms with E-state index in [1.54, 1.807) is 0 Å². The number of rotatable bonds is 23. The molecule has 8 aromatic rings. The molecule has 0 aliphatic carbocycles. The molecule has 3 heterocycles. The topological polar surface area (TPSA) is 98.8 Å². The third-order valence-electron chi connectivity index (χ3n) is 15.7. The molecule has 11 rings (SSSR count). The summed E-state index contributed by atoms with van der Waals surface area (Å²) < 4.78 is 73.2. The molecule has 9 atom stereocenters. The number of ether oxygens (including phenoxy) is 10. The molecule has 436 valence electrons. The lowest BCUT2D eigenvalue weighted by atomic mass is 9.96. The molecule has 3 saturated heterocycles. The van der Waals surface area contributed by atoms with Crippen LogP contribution in [0.3, 0.4) is 0 Å². The highest BCUT2D eigenvalue weighted by Gasteiger charge is 2.62. The van der Waals surface area contributed by atoms with Crippen molar-refractivity contribution in [3.63, 3.8) is 0 Å². The van der Waals surface area contributed by atoms with E-state index in [-0.39, 0.29) is 46.2 Å². The molecule has 0 aromatic heterocycles. The summed E-state index contributed by atoms with van der Waals surface area (Å²) in [7, 11) is 0. The average molecular weight is 1130 g/mol. The second kappa shape index (κ2) is 30.9. The number of hydrogen-bond donors (Lipinski definition) is 0. The SMILES string of the molecule is c1ccc(COC[C@@]23O[C@H]4O[C@H](CN(Cc5ccccc5)CCN(Cc5ccccc5)CCOC[C@@H](O2)[C@@H](OCc2ccccc2)[C@@H]3OCc2ccccc2)[C@@H](OCc2ccccc2)[C@H](OCc2ccccc2)[C@H]4OCc2ccccc2)cc1. The lowest BCUT2D eigenvalue weighted by molar-refractivity contribution is -0.397. The first kappa shape index (κ1) is 59.0. The van der Waals surface area contributed by atoms with E-state index in [1.807, 2.05) is 121 Å². The van der Waals surface area contributed by atoms with Crippen LogP contribution in [0, 0.1) is 0 Å². The minimum absolute atomic E-state index is 0.0760. The summed E-state index contributed by atoms with van der Waals surface area (Å²) in [5.74, 6) is -1.69. The number of benzene rings is 8. The summed E-state index contributed by atoms with van der Waals surface area (Å²) >= 11 is 0. The van der Waals surface area contributed by atoms with Crippen molar-refractivity contribution < 1.29 is 47.4 Å². The number of nitrogens with zero attached hydrogens (tertiary/aromatic N) is 2. The largest absolute Gasteiger partial charge is 0.377 e. The molecule has 0 saturated carbocycles. The van der Waals surface area contributed by atoms with E-state index in [1.165, 1.54) is 11.1 Å². The van der Waals surface area contributed by atoms with Gasteiger partial charge in [0.25, 0.3) is 0 Å². The summed E-state index contributed by atoms with van der Waals surface area (Å²) in [4.78, 5) is 4.95. The summed E-state index contributed by atoms with van der Waals surface area (Å²) in [5.41, 5.74) is 8.35. The molecule has 84 heavy (non-hydrogen) atoms. The molecule has 0 unspecified atom stereocenters. The molecule has 12 nitrogen and oxygen atoms in total. The van der Waals surface area contributed by atoms with Gasteiger partial charge in [-0.3, -0.25) is 9.80 Å². The Morgan fingerprint density at radius 1 is 0.357 bits per heavy atom. The lowest BCUT2D eigenvalue weighted by Gasteiger charge is -2.49. The maximum atomic E-state index is 7.84. The maximum absolute atomic E-state index is 7.84. The van der Waals surface area contributed by atoms with Crippen LogP contribution in [0.5, 0.6) is 0 Å². The van der Waals surface area contributed by atoms with Crippen LogP contribution < -0.4 is 0 Å². The maximum Gasteiger partial charge on any atom is 0.224 e. The fourth-order valence-corrected chi connectivity index (χ4v) is 11.3. The third kappa shape index (κ3) is 16.8. The molecule has 0 N–H and O–H groups in total. The van der Waals surface area contributed by atoms with Crippen molar-refractivity contribution in [2.75, 3.05) is 46.0 Å². The van der Waals surface area contributed by atoms with Crippen LogP contribution in [0.1, 0.15) is 44.5 Å². The zero-order valence-electron chi connectivity index (χ0n) is 47.8. The van der Waals surface area contributed by atoms with Gasteiger partial charge in [-0.2, -0.15) is 0 Å². The van der Waals surface area contributed by atoms with Gasteiger partial charge < -0.3 is 47.4 Å². The van der Waals surface area contributed by atoms with E-state index in [2.05, 4.69) is 131 Å². The molecule has 0 amide bonds. The molecule has 3 aliphatic rings. The monoisotopic (exact) mass is 1130 g/mol. The molecule has 12 heteroatoms. The third-order valence-corrected chi connectivity index (χ3v) is 15.7. The second-order valence-corrected chi connectivity index (χ2v) is 21.9.